The van der Waals surface area contributed by atoms with Gasteiger partial charge in [-0.25, -0.2) is 0 Å². The van der Waals surface area contributed by atoms with Crippen molar-refractivity contribution in [2.45, 2.75) is 52.5 Å². The SMILES string of the molecule is COCC(C)(C)NC(=O)CCC(=O)NCCNC(=O)CC(C)C. The van der Waals surface area contributed by atoms with Crippen molar-refractivity contribution in [3.8, 4) is 0 Å². The molecule has 0 aliphatic heterocycles. The lowest BCUT2D eigenvalue weighted by Gasteiger charge is -2.25. The van der Waals surface area contributed by atoms with Crippen LogP contribution in [0.3, 0.4) is 0 Å². The molecule has 0 aromatic rings. The van der Waals surface area contributed by atoms with Gasteiger partial charge in [0.15, 0.2) is 0 Å². The fourth-order valence-corrected chi connectivity index (χ4v) is 2.00. The first kappa shape index (κ1) is 21.4. The van der Waals surface area contributed by atoms with Crippen LogP contribution in [0, 0.1) is 5.92 Å². The molecule has 0 radical (unpaired) electrons. The van der Waals surface area contributed by atoms with E-state index in [1.165, 1.54) is 0 Å². The number of carbonyl (C=O) groups excluding carboxylic acids is 3. The van der Waals surface area contributed by atoms with E-state index in [-0.39, 0.29) is 30.6 Å². The lowest BCUT2D eigenvalue weighted by Crippen LogP contribution is -2.47. The molecule has 0 fully saturated rings. The molecule has 7 nitrogen and oxygen atoms in total. The van der Waals surface area contributed by atoms with Crippen LogP contribution in [0.25, 0.3) is 0 Å². The van der Waals surface area contributed by atoms with Gasteiger partial charge in [0.1, 0.15) is 0 Å². The number of hydrogen-bond donors (Lipinski definition) is 3. The van der Waals surface area contributed by atoms with E-state index in [9.17, 15) is 14.4 Å². The summed E-state index contributed by atoms with van der Waals surface area (Å²) >= 11 is 0. The van der Waals surface area contributed by atoms with Crippen LogP contribution in [-0.2, 0) is 19.1 Å². The zero-order valence-electron chi connectivity index (χ0n) is 15.0. The Morgan fingerprint density at radius 2 is 1.48 bits per heavy atom. The van der Waals surface area contributed by atoms with Gasteiger partial charge < -0.3 is 20.7 Å². The monoisotopic (exact) mass is 329 g/mol. The van der Waals surface area contributed by atoms with E-state index in [1.54, 1.807) is 7.11 Å². The molecule has 134 valence electrons. The van der Waals surface area contributed by atoms with E-state index in [2.05, 4.69) is 16.0 Å². The van der Waals surface area contributed by atoms with Crippen molar-refractivity contribution in [1.82, 2.24) is 16.0 Å². The normalized spacial score (nSPS) is 11.2. The predicted octanol–water partition coefficient (Wildman–Crippen LogP) is 0.586. The summed E-state index contributed by atoms with van der Waals surface area (Å²) in [5.74, 6) is -0.102. The van der Waals surface area contributed by atoms with Crippen molar-refractivity contribution in [1.29, 1.82) is 0 Å². The average molecular weight is 329 g/mol. The first-order valence-electron chi connectivity index (χ1n) is 7.99. The maximum Gasteiger partial charge on any atom is 0.221 e. The van der Waals surface area contributed by atoms with Crippen molar-refractivity contribution in [2.75, 3.05) is 26.8 Å². The molecule has 0 aliphatic rings. The van der Waals surface area contributed by atoms with E-state index >= 15 is 0 Å². The zero-order valence-corrected chi connectivity index (χ0v) is 15.0. The summed E-state index contributed by atoms with van der Waals surface area (Å²) in [5, 5.41) is 8.22. The van der Waals surface area contributed by atoms with Gasteiger partial charge in [-0.2, -0.15) is 0 Å². The minimum absolute atomic E-state index is 0.0194. The highest BCUT2D eigenvalue weighted by Gasteiger charge is 2.20. The second-order valence-corrected chi connectivity index (χ2v) is 6.66. The molecular weight excluding hydrogens is 298 g/mol. The topological polar surface area (TPSA) is 96.5 Å². The minimum Gasteiger partial charge on any atom is -0.382 e. The molecule has 3 amide bonds. The molecule has 7 heteroatoms. The molecule has 0 heterocycles. The molecule has 0 unspecified atom stereocenters. The van der Waals surface area contributed by atoms with Crippen LogP contribution in [-0.4, -0.2) is 50.1 Å². The Labute approximate surface area is 138 Å². The van der Waals surface area contributed by atoms with E-state index in [4.69, 9.17) is 4.74 Å². The Kier molecular flexibility index (Phi) is 10.2. The number of carbonyl (C=O) groups is 3. The first-order valence-corrected chi connectivity index (χ1v) is 7.99. The summed E-state index contributed by atoms with van der Waals surface area (Å²) in [6.45, 7) is 8.81. The number of rotatable bonds is 11. The lowest BCUT2D eigenvalue weighted by atomic mass is 10.1. The quantitative estimate of drug-likeness (QED) is 0.483. The standard InChI is InChI=1S/C16H31N3O4/c1-12(2)10-15(22)18-9-8-17-13(20)6-7-14(21)19-16(3,4)11-23-5/h12H,6-11H2,1-5H3,(H,17,20)(H,18,22)(H,19,21). The number of ether oxygens (including phenoxy) is 1. The molecule has 0 rings (SSSR count). The van der Waals surface area contributed by atoms with Crippen LogP contribution in [0.5, 0.6) is 0 Å². The minimum atomic E-state index is -0.455. The van der Waals surface area contributed by atoms with E-state index in [0.29, 0.717) is 32.0 Å². The fraction of sp³-hybridized carbons (Fsp3) is 0.812. The summed E-state index contributed by atoms with van der Waals surface area (Å²) < 4.78 is 5.01. The van der Waals surface area contributed by atoms with Crippen molar-refractivity contribution in [3.05, 3.63) is 0 Å². The highest BCUT2D eigenvalue weighted by Crippen LogP contribution is 2.03. The Bertz CT molecular complexity index is 395. The van der Waals surface area contributed by atoms with Gasteiger partial charge in [-0.15, -0.1) is 0 Å². The van der Waals surface area contributed by atoms with Crippen molar-refractivity contribution in [3.63, 3.8) is 0 Å². The van der Waals surface area contributed by atoms with Crippen molar-refractivity contribution in [2.24, 2.45) is 5.92 Å². The zero-order chi connectivity index (χ0) is 17.9. The molecule has 0 aliphatic carbocycles. The predicted molar refractivity (Wildman–Crippen MR) is 88.8 cm³/mol. The molecule has 0 saturated carbocycles. The average Bonchev–Trinajstić information content (AvgIpc) is 2.40. The van der Waals surface area contributed by atoms with Gasteiger partial charge in [0.2, 0.25) is 17.7 Å². The Morgan fingerprint density at radius 3 is 2.00 bits per heavy atom. The van der Waals surface area contributed by atoms with Crippen molar-refractivity contribution >= 4 is 17.7 Å². The van der Waals surface area contributed by atoms with Crippen LogP contribution in [0.4, 0.5) is 0 Å². The van der Waals surface area contributed by atoms with Crippen molar-refractivity contribution < 1.29 is 19.1 Å². The van der Waals surface area contributed by atoms with Crippen LogP contribution in [0.1, 0.15) is 47.0 Å². The fourth-order valence-electron chi connectivity index (χ4n) is 2.00. The van der Waals surface area contributed by atoms with Gasteiger partial charge in [-0.3, -0.25) is 14.4 Å². The van der Waals surface area contributed by atoms with Gasteiger partial charge in [0, 0.05) is 39.5 Å². The Hall–Kier alpha value is -1.63. The third-order valence-electron chi connectivity index (χ3n) is 2.93. The Balaban J connectivity index is 3.79. The summed E-state index contributed by atoms with van der Waals surface area (Å²) in [7, 11) is 1.57. The smallest absolute Gasteiger partial charge is 0.221 e. The lowest BCUT2D eigenvalue weighted by molar-refractivity contribution is -0.127. The molecule has 0 saturated heterocycles. The van der Waals surface area contributed by atoms with Crippen LogP contribution in [0.2, 0.25) is 0 Å². The third-order valence-corrected chi connectivity index (χ3v) is 2.93. The molecule has 23 heavy (non-hydrogen) atoms. The summed E-state index contributed by atoms with van der Waals surface area (Å²) in [6, 6.07) is 0. The Morgan fingerprint density at radius 1 is 0.957 bits per heavy atom. The van der Waals surface area contributed by atoms with Crippen LogP contribution < -0.4 is 16.0 Å². The van der Waals surface area contributed by atoms with Gasteiger partial charge >= 0.3 is 0 Å². The third kappa shape index (κ3) is 12.6. The summed E-state index contributed by atoms with van der Waals surface area (Å²) in [5.41, 5.74) is -0.455. The highest BCUT2D eigenvalue weighted by atomic mass is 16.5. The molecular formula is C16H31N3O4. The first-order chi connectivity index (χ1) is 10.7. The number of methoxy groups -OCH3 is 1. The molecule has 0 bridgehead atoms. The number of nitrogens with one attached hydrogen (secondary N) is 3. The highest BCUT2D eigenvalue weighted by molar-refractivity contribution is 5.84. The molecule has 0 spiro atoms. The van der Waals surface area contributed by atoms with Gasteiger partial charge in [0.25, 0.3) is 0 Å². The maximum absolute atomic E-state index is 11.8. The number of hydrogen-bond acceptors (Lipinski definition) is 4. The second-order valence-electron chi connectivity index (χ2n) is 6.66. The van der Waals surface area contributed by atoms with Crippen LogP contribution in [0.15, 0.2) is 0 Å². The van der Waals surface area contributed by atoms with E-state index < -0.39 is 5.54 Å². The summed E-state index contributed by atoms with van der Waals surface area (Å²) in [6.07, 6.45) is 0.721. The van der Waals surface area contributed by atoms with Gasteiger partial charge in [-0.1, -0.05) is 13.8 Å². The van der Waals surface area contributed by atoms with Gasteiger partial charge in [-0.05, 0) is 19.8 Å². The van der Waals surface area contributed by atoms with Gasteiger partial charge in [0.05, 0.1) is 12.1 Å². The molecule has 0 atom stereocenters. The molecule has 3 N–H and O–H groups in total. The second kappa shape index (κ2) is 11.0. The van der Waals surface area contributed by atoms with E-state index in [0.717, 1.165) is 0 Å². The largest absolute Gasteiger partial charge is 0.382 e. The van der Waals surface area contributed by atoms with Crippen LogP contribution >= 0.6 is 0 Å². The molecule has 0 aromatic carbocycles. The molecule has 0 aromatic heterocycles. The number of amides is 3. The maximum atomic E-state index is 11.8. The summed E-state index contributed by atoms with van der Waals surface area (Å²) in [4.78, 5) is 34.8. The van der Waals surface area contributed by atoms with E-state index in [1.807, 2.05) is 27.7 Å².